The first-order chi connectivity index (χ1) is 10.1. The highest BCUT2D eigenvalue weighted by Crippen LogP contribution is 2.13. The SMILES string of the molecule is CC(C)N(C)CC(=O)NCc1ccccc1-n1ccnc1. The van der Waals surface area contributed by atoms with E-state index in [1.54, 1.807) is 12.5 Å². The zero-order valence-electron chi connectivity index (χ0n) is 12.8. The molecule has 0 aliphatic carbocycles. The number of aromatic nitrogens is 2. The van der Waals surface area contributed by atoms with Crippen LogP contribution in [-0.4, -0.2) is 40.0 Å². The lowest BCUT2D eigenvalue weighted by Crippen LogP contribution is -2.38. The number of carbonyl (C=O) groups is 1. The van der Waals surface area contributed by atoms with Crippen molar-refractivity contribution in [3.63, 3.8) is 0 Å². The monoisotopic (exact) mass is 286 g/mol. The summed E-state index contributed by atoms with van der Waals surface area (Å²) in [5.74, 6) is 0.0339. The summed E-state index contributed by atoms with van der Waals surface area (Å²) in [6, 6.07) is 8.34. The van der Waals surface area contributed by atoms with Gasteiger partial charge >= 0.3 is 0 Å². The van der Waals surface area contributed by atoms with Crippen molar-refractivity contribution in [2.45, 2.75) is 26.4 Å². The van der Waals surface area contributed by atoms with Gasteiger partial charge in [-0.05, 0) is 32.5 Å². The number of nitrogens with zero attached hydrogens (tertiary/aromatic N) is 3. The summed E-state index contributed by atoms with van der Waals surface area (Å²) in [6.45, 7) is 5.06. The standard InChI is InChI=1S/C16H22N4O/c1-13(2)19(3)11-16(21)18-10-14-6-4-5-7-15(14)20-9-8-17-12-20/h4-9,12-13H,10-11H2,1-3H3,(H,18,21). The number of carbonyl (C=O) groups excluding carboxylic acids is 1. The molecule has 2 rings (SSSR count). The van der Waals surface area contributed by atoms with E-state index < -0.39 is 0 Å². The van der Waals surface area contributed by atoms with Crippen LogP contribution in [0.5, 0.6) is 0 Å². The highest BCUT2D eigenvalue weighted by Gasteiger charge is 2.10. The fraction of sp³-hybridized carbons (Fsp3) is 0.375. The molecule has 0 aliphatic heterocycles. The lowest BCUT2D eigenvalue weighted by atomic mass is 10.1. The third-order valence-electron chi connectivity index (χ3n) is 3.52. The average Bonchev–Trinajstić information content (AvgIpc) is 2.99. The van der Waals surface area contributed by atoms with E-state index in [4.69, 9.17) is 0 Å². The molecule has 1 aromatic carbocycles. The molecule has 1 amide bonds. The van der Waals surface area contributed by atoms with Crippen molar-refractivity contribution in [1.29, 1.82) is 0 Å². The molecule has 5 heteroatoms. The van der Waals surface area contributed by atoms with Crippen LogP contribution in [0.1, 0.15) is 19.4 Å². The van der Waals surface area contributed by atoms with Crippen molar-refractivity contribution < 1.29 is 4.79 Å². The summed E-state index contributed by atoms with van der Waals surface area (Å²) in [5, 5.41) is 2.97. The molecule has 0 atom stereocenters. The average molecular weight is 286 g/mol. The van der Waals surface area contributed by atoms with Gasteiger partial charge in [-0.1, -0.05) is 18.2 Å². The van der Waals surface area contributed by atoms with E-state index in [-0.39, 0.29) is 5.91 Å². The zero-order chi connectivity index (χ0) is 15.2. The first-order valence-corrected chi connectivity index (χ1v) is 7.11. The highest BCUT2D eigenvalue weighted by atomic mass is 16.2. The largest absolute Gasteiger partial charge is 0.351 e. The molecule has 1 N–H and O–H groups in total. The molecule has 0 fully saturated rings. The molecule has 21 heavy (non-hydrogen) atoms. The van der Waals surface area contributed by atoms with Crippen molar-refractivity contribution >= 4 is 5.91 Å². The summed E-state index contributed by atoms with van der Waals surface area (Å²) >= 11 is 0. The van der Waals surface area contributed by atoms with Gasteiger partial charge in [0.15, 0.2) is 0 Å². The van der Waals surface area contributed by atoms with Crippen LogP contribution in [0.4, 0.5) is 0 Å². The fourth-order valence-corrected chi connectivity index (χ4v) is 1.97. The van der Waals surface area contributed by atoms with Gasteiger partial charge in [-0.3, -0.25) is 9.69 Å². The molecular weight excluding hydrogens is 264 g/mol. The molecule has 0 spiro atoms. The molecule has 0 saturated carbocycles. The third kappa shape index (κ3) is 4.16. The Morgan fingerprint density at radius 1 is 1.38 bits per heavy atom. The van der Waals surface area contributed by atoms with Crippen molar-refractivity contribution in [2.24, 2.45) is 0 Å². The first kappa shape index (κ1) is 15.3. The lowest BCUT2D eigenvalue weighted by molar-refractivity contribution is -0.122. The molecule has 2 aromatic rings. The number of para-hydroxylation sites is 1. The minimum Gasteiger partial charge on any atom is -0.351 e. The van der Waals surface area contributed by atoms with Crippen molar-refractivity contribution in [1.82, 2.24) is 19.8 Å². The number of likely N-dealkylation sites (N-methyl/N-ethyl adjacent to an activating group) is 1. The van der Waals surface area contributed by atoms with Crippen LogP contribution in [0.15, 0.2) is 43.0 Å². The van der Waals surface area contributed by atoms with Crippen LogP contribution in [-0.2, 0) is 11.3 Å². The van der Waals surface area contributed by atoms with Gasteiger partial charge in [0, 0.05) is 25.0 Å². The number of amides is 1. The Morgan fingerprint density at radius 2 is 2.14 bits per heavy atom. The van der Waals surface area contributed by atoms with E-state index in [1.807, 2.05) is 47.0 Å². The number of benzene rings is 1. The van der Waals surface area contributed by atoms with Crippen molar-refractivity contribution in [3.05, 3.63) is 48.5 Å². The van der Waals surface area contributed by atoms with Crippen LogP contribution in [0, 0.1) is 0 Å². The Bertz CT molecular complexity index is 578. The fourth-order valence-electron chi connectivity index (χ4n) is 1.97. The van der Waals surface area contributed by atoms with E-state index in [0.29, 0.717) is 19.1 Å². The first-order valence-electron chi connectivity index (χ1n) is 7.11. The summed E-state index contributed by atoms with van der Waals surface area (Å²) < 4.78 is 1.95. The van der Waals surface area contributed by atoms with Gasteiger partial charge in [-0.15, -0.1) is 0 Å². The maximum absolute atomic E-state index is 12.0. The second kappa shape index (κ2) is 7.04. The molecule has 0 radical (unpaired) electrons. The predicted octanol–water partition coefficient (Wildman–Crippen LogP) is 1.83. The maximum Gasteiger partial charge on any atom is 0.234 e. The number of rotatable bonds is 6. The Hall–Kier alpha value is -2.14. The predicted molar refractivity (Wildman–Crippen MR) is 83.2 cm³/mol. The van der Waals surface area contributed by atoms with Crippen LogP contribution in [0.2, 0.25) is 0 Å². The molecule has 112 valence electrons. The lowest BCUT2D eigenvalue weighted by Gasteiger charge is -2.20. The van der Waals surface area contributed by atoms with Gasteiger partial charge in [0.05, 0.1) is 18.6 Å². The minimum absolute atomic E-state index is 0.0339. The molecule has 0 aliphatic rings. The molecule has 1 aromatic heterocycles. The van der Waals surface area contributed by atoms with E-state index >= 15 is 0 Å². The van der Waals surface area contributed by atoms with Gasteiger partial charge in [-0.2, -0.15) is 0 Å². The van der Waals surface area contributed by atoms with E-state index in [2.05, 4.69) is 24.1 Å². The molecule has 0 unspecified atom stereocenters. The summed E-state index contributed by atoms with van der Waals surface area (Å²) in [5.41, 5.74) is 2.10. The highest BCUT2D eigenvalue weighted by molar-refractivity contribution is 5.78. The molecule has 0 saturated heterocycles. The number of hydrogen-bond acceptors (Lipinski definition) is 3. The topological polar surface area (TPSA) is 50.2 Å². The molecular formula is C16H22N4O. The smallest absolute Gasteiger partial charge is 0.234 e. The summed E-state index contributed by atoms with van der Waals surface area (Å²) in [7, 11) is 1.95. The van der Waals surface area contributed by atoms with Crippen LogP contribution in [0.25, 0.3) is 5.69 Å². The van der Waals surface area contributed by atoms with Crippen LogP contribution < -0.4 is 5.32 Å². The Kier molecular flexibility index (Phi) is 5.11. The third-order valence-corrected chi connectivity index (χ3v) is 3.52. The van der Waals surface area contributed by atoms with Gasteiger partial charge in [-0.25, -0.2) is 4.98 Å². The second-order valence-electron chi connectivity index (χ2n) is 5.38. The Labute approximate surface area is 125 Å². The zero-order valence-corrected chi connectivity index (χ0v) is 12.8. The van der Waals surface area contributed by atoms with E-state index in [9.17, 15) is 4.79 Å². The Balaban J connectivity index is 1.99. The van der Waals surface area contributed by atoms with E-state index in [1.165, 1.54) is 0 Å². The van der Waals surface area contributed by atoms with Gasteiger partial charge in [0.2, 0.25) is 5.91 Å². The van der Waals surface area contributed by atoms with Crippen LogP contribution in [0.3, 0.4) is 0 Å². The number of imidazole rings is 1. The maximum atomic E-state index is 12.0. The molecule has 5 nitrogen and oxygen atoms in total. The summed E-state index contributed by atoms with van der Waals surface area (Å²) in [4.78, 5) is 18.0. The van der Waals surface area contributed by atoms with Crippen molar-refractivity contribution in [2.75, 3.05) is 13.6 Å². The second-order valence-corrected chi connectivity index (χ2v) is 5.38. The minimum atomic E-state index is 0.0339. The Morgan fingerprint density at radius 3 is 2.81 bits per heavy atom. The van der Waals surface area contributed by atoms with Gasteiger partial charge < -0.3 is 9.88 Å². The van der Waals surface area contributed by atoms with Crippen LogP contribution >= 0.6 is 0 Å². The van der Waals surface area contributed by atoms with Crippen molar-refractivity contribution in [3.8, 4) is 5.69 Å². The summed E-state index contributed by atoms with van der Waals surface area (Å²) in [6.07, 6.45) is 5.40. The van der Waals surface area contributed by atoms with Gasteiger partial charge in [0.1, 0.15) is 0 Å². The molecule has 0 bridgehead atoms. The van der Waals surface area contributed by atoms with Gasteiger partial charge in [0.25, 0.3) is 0 Å². The normalized spacial score (nSPS) is 11.1. The quantitative estimate of drug-likeness (QED) is 0.881. The number of nitrogens with one attached hydrogen (secondary N) is 1. The molecule has 1 heterocycles. The number of hydrogen-bond donors (Lipinski definition) is 1. The van der Waals surface area contributed by atoms with E-state index in [0.717, 1.165) is 11.3 Å².